The van der Waals surface area contributed by atoms with Crippen molar-refractivity contribution in [3.05, 3.63) is 34.6 Å². The minimum absolute atomic E-state index is 0.100. The van der Waals surface area contributed by atoms with Gasteiger partial charge < -0.3 is 4.74 Å². The SMILES string of the molecule is COc1cc2ncc(-c3nc(Br)c(F)cc3F)n2nc1N1CCCS1=O. The first kappa shape index (κ1) is 17.3. The largest absolute Gasteiger partial charge is 0.493 e. The zero-order chi connectivity index (χ0) is 18.4. The number of anilines is 1. The van der Waals surface area contributed by atoms with E-state index in [-0.39, 0.29) is 16.0 Å². The van der Waals surface area contributed by atoms with Gasteiger partial charge in [0, 0.05) is 24.4 Å². The van der Waals surface area contributed by atoms with Crippen molar-refractivity contribution in [3.8, 4) is 17.1 Å². The van der Waals surface area contributed by atoms with E-state index in [2.05, 4.69) is 31.0 Å². The van der Waals surface area contributed by atoms with Gasteiger partial charge in [-0.3, -0.25) is 4.31 Å². The molecule has 0 aromatic carbocycles. The van der Waals surface area contributed by atoms with Crippen LogP contribution in [0.4, 0.5) is 14.6 Å². The smallest absolute Gasteiger partial charge is 0.203 e. The van der Waals surface area contributed by atoms with E-state index < -0.39 is 22.6 Å². The average Bonchev–Trinajstić information content (AvgIpc) is 3.22. The number of ether oxygens (including phenoxy) is 1. The summed E-state index contributed by atoms with van der Waals surface area (Å²) in [6.07, 6.45) is 2.16. The molecule has 0 spiro atoms. The average molecular weight is 444 g/mol. The van der Waals surface area contributed by atoms with E-state index in [9.17, 15) is 13.0 Å². The molecule has 3 aromatic rings. The number of nitrogens with zero attached hydrogens (tertiary/aromatic N) is 5. The van der Waals surface area contributed by atoms with E-state index in [0.29, 0.717) is 29.5 Å². The third kappa shape index (κ3) is 2.75. The quantitative estimate of drug-likeness (QED) is 0.581. The van der Waals surface area contributed by atoms with Gasteiger partial charge in [-0.05, 0) is 22.4 Å². The van der Waals surface area contributed by atoms with Gasteiger partial charge in [0.25, 0.3) is 0 Å². The standard InChI is InChI=1S/C15H12BrF2N5O2S/c1-25-11-6-12-19-7-10(13-8(17)5-9(18)14(16)20-13)23(12)21-15(11)22-3-2-4-26(22)24/h5-7H,2-4H2,1H3. The Labute approximate surface area is 157 Å². The minimum Gasteiger partial charge on any atom is -0.493 e. The lowest BCUT2D eigenvalue weighted by Crippen LogP contribution is -2.22. The highest BCUT2D eigenvalue weighted by molar-refractivity contribution is 9.10. The fourth-order valence-electron chi connectivity index (χ4n) is 2.74. The van der Waals surface area contributed by atoms with Crippen LogP contribution in [0.15, 0.2) is 22.9 Å². The second kappa shape index (κ2) is 6.54. The Bertz CT molecular complexity index is 1040. The molecule has 1 fully saturated rings. The van der Waals surface area contributed by atoms with Crippen molar-refractivity contribution in [2.45, 2.75) is 6.42 Å². The summed E-state index contributed by atoms with van der Waals surface area (Å²) in [5, 5.41) is 4.45. The summed E-state index contributed by atoms with van der Waals surface area (Å²) in [6, 6.07) is 2.36. The fourth-order valence-corrected chi connectivity index (χ4v) is 4.28. The highest BCUT2D eigenvalue weighted by Crippen LogP contribution is 2.32. The first-order chi connectivity index (χ1) is 12.5. The molecule has 4 rings (SSSR count). The molecular formula is C15H12BrF2N5O2S. The van der Waals surface area contributed by atoms with E-state index in [1.165, 1.54) is 17.8 Å². The van der Waals surface area contributed by atoms with Crippen LogP contribution in [0, 0.1) is 11.6 Å². The van der Waals surface area contributed by atoms with Gasteiger partial charge in [0.1, 0.15) is 27.0 Å². The zero-order valence-corrected chi connectivity index (χ0v) is 15.9. The lowest BCUT2D eigenvalue weighted by Gasteiger charge is -2.18. The van der Waals surface area contributed by atoms with Crippen LogP contribution in [-0.2, 0) is 11.0 Å². The maximum absolute atomic E-state index is 14.3. The number of hydrogen-bond donors (Lipinski definition) is 0. The second-order valence-electron chi connectivity index (χ2n) is 5.52. The molecule has 0 bridgehead atoms. The van der Waals surface area contributed by atoms with Crippen molar-refractivity contribution in [3.63, 3.8) is 0 Å². The van der Waals surface area contributed by atoms with Gasteiger partial charge in [-0.1, -0.05) is 0 Å². The van der Waals surface area contributed by atoms with E-state index in [0.717, 1.165) is 12.5 Å². The van der Waals surface area contributed by atoms with Gasteiger partial charge in [0.15, 0.2) is 23.0 Å². The van der Waals surface area contributed by atoms with Crippen LogP contribution in [-0.4, -0.2) is 43.2 Å². The summed E-state index contributed by atoms with van der Waals surface area (Å²) in [6.45, 7) is 0.570. The maximum Gasteiger partial charge on any atom is 0.203 e. The number of rotatable bonds is 3. The Morgan fingerprint density at radius 1 is 1.31 bits per heavy atom. The molecule has 0 radical (unpaired) electrons. The van der Waals surface area contributed by atoms with Crippen molar-refractivity contribution >= 4 is 38.4 Å². The molecule has 0 saturated carbocycles. The Kier molecular flexibility index (Phi) is 4.35. The Morgan fingerprint density at radius 2 is 2.12 bits per heavy atom. The molecule has 11 heteroatoms. The predicted molar refractivity (Wildman–Crippen MR) is 95.4 cm³/mol. The number of imidazole rings is 1. The number of halogens is 3. The van der Waals surface area contributed by atoms with Crippen LogP contribution in [0.25, 0.3) is 17.0 Å². The van der Waals surface area contributed by atoms with E-state index in [1.807, 2.05) is 0 Å². The van der Waals surface area contributed by atoms with Crippen LogP contribution < -0.4 is 9.04 Å². The first-order valence-corrected chi connectivity index (χ1v) is 9.67. The molecule has 0 amide bonds. The van der Waals surface area contributed by atoms with E-state index >= 15 is 0 Å². The van der Waals surface area contributed by atoms with Crippen molar-refractivity contribution in [1.29, 1.82) is 0 Å². The number of fused-ring (bicyclic) bond motifs is 1. The van der Waals surface area contributed by atoms with Crippen LogP contribution in [0.3, 0.4) is 0 Å². The Hall–Kier alpha value is -2.14. The Balaban J connectivity index is 1.93. The van der Waals surface area contributed by atoms with Gasteiger partial charge in [-0.2, -0.15) is 0 Å². The summed E-state index contributed by atoms with van der Waals surface area (Å²) < 4.78 is 48.2. The number of aromatic nitrogens is 4. The molecule has 1 aliphatic heterocycles. The third-order valence-electron chi connectivity index (χ3n) is 3.95. The molecule has 1 aliphatic rings. The normalized spacial score (nSPS) is 17.2. The van der Waals surface area contributed by atoms with Crippen LogP contribution >= 0.6 is 15.9 Å². The molecular weight excluding hydrogens is 432 g/mol. The van der Waals surface area contributed by atoms with Crippen molar-refractivity contribution in [2.75, 3.05) is 23.7 Å². The first-order valence-electron chi connectivity index (χ1n) is 7.60. The van der Waals surface area contributed by atoms with Crippen molar-refractivity contribution in [1.82, 2.24) is 19.6 Å². The maximum atomic E-state index is 14.3. The van der Waals surface area contributed by atoms with Gasteiger partial charge >= 0.3 is 0 Å². The van der Waals surface area contributed by atoms with Crippen LogP contribution in [0.2, 0.25) is 0 Å². The molecule has 1 unspecified atom stereocenters. The van der Waals surface area contributed by atoms with Gasteiger partial charge in [0.05, 0.1) is 13.3 Å². The second-order valence-corrected chi connectivity index (χ2v) is 7.77. The molecule has 3 aromatic heterocycles. The van der Waals surface area contributed by atoms with Gasteiger partial charge in [-0.15, -0.1) is 5.10 Å². The van der Waals surface area contributed by atoms with E-state index in [4.69, 9.17) is 4.74 Å². The summed E-state index contributed by atoms with van der Waals surface area (Å²) in [5.41, 5.74) is 0.538. The highest BCUT2D eigenvalue weighted by Gasteiger charge is 2.27. The van der Waals surface area contributed by atoms with Gasteiger partial charge in [-0.25, -0.2) is 27.5 Å². The fraction of sp³-hybridized carbons (Fsp3) is 0.267. The van der Waals surface area contributed by atoms with Crippen molar-refractivity contribution < 1.29 is 17.7 Å². The summed E-state index contributed by atoms with van der Waals surface area (Å²) in [7, 11) is 0.278. The number of pyridine rings is 1. The molecule has 1 saturated heterocycles. The summed E-state index contributed by atoms with van der Waals surface area (Å²) >= 11 is 2.96. The van der Waals surface area contributed by atoms with E-state index in [1.54, 1.807) is 10.4 Å². The molecule has 0 N–H and O–H groups in total. The zero-order valence-electron chi connectivity index (χ0n) is 13.4. The monoisotopic (exact) mass is 443 g/mol. The van der Waals surface area contributed by atoms with Crippen molar-refractivity contribution in [2.24, 2.45) is 0 Å². The molecule has 136 valence electrons. The predicted octanol–water partition coefficient (Wildman–Crippen LogP) is 2.71. The van der Waals surface area contributed by atoms with Crippen LogP contribution in [0.1, 0.15) is 6.42 Å². The van der Waals surface area contributed by atoms with Crippen LogP contribution in [0.5, 0.6) is 5.75 Å². The summed E-state index contributed by atoms with van der Waals surface area (Å²) in [5.74, 6) is -0.310. The summed E-state index contributed by atoms with van der Waals surface area (Å²) in [4.78, 5) is 8.10. The molecule has 4 heterocycles. The third-order valence-corrected chi connectivity index (χ3v) is 5.99. The molecule has 26 heavy (non-hydrogen) atoms. The molecule has 7 nitrogen and oxygen atoms in total. The minimum atomic E-state index is -1.21. The van der Waals surface area contributed by atoms with Gasteiger partial charge in [0.2, 0.25) is 5.82 Å². The number of methoxy groups -OCH3 is 1. The lowest BCUT2D eigenvalue weighted by atomic mass is 10.3. The topological polar surface area (TPSA) is 72.6 Å². The molecule has 0 aliphatic carbocycles. The highest BCUT2D eigenvalue weighted by atomic mass is 79.9. The lowest BCUT2D eigenvalue weighted by molar-refractivity contribution is 0.413. The Morgan fingerprint density at radius 3 is 2.81 bits per heavy atom. The number of hydrogen-bond acceptors (Lipinski definition) is 5. The molecule has 1 atom stereocenters.